The van der Waals surface area contributed by atoms with Crippen LogP contribution in [-0.4, -0.2) is 30.0 Å². The fourth-order valence-corrected chi connectivity index (χ4v) is 4.66. The Kier molecular flexibility index (Phi) is 6.91. The molecular formula is C26H28ClFN2O. The number of nitrogens with zero attached hydrogens (tertiary/aromatic N) is 2. The Labute approximate surface area is 189 Å². The lowest BCUT2D eigenvalue weighted by atomic mass is 10.0. The third-order valence-corrected chi connectivity index (χ3v) is 6.37. The Morgan fingerprint density at radius 3 is 2.32 bits per heavy atom. The third-order valence-electron chi connectivity index (χ3n) is 6.02. The summed E-state index contributed by atoms with van der Waals surface area (Å²) in [5.41, 5.74) is 4.68. The number of para-hydroxylation sites is 1. The van der Waals surface area contributed by atoms with Crippen molar-refractivity contribution >= 4 is 11.6 Å². The molecule has 31 heavy (non-hydrogen) atoms. The minimum absolute atomic E-state index is 0.0330. The fourth-order valence-electron chi connectivity index (χ4n) is 4.43. The molecule has 0 amide bonds. The van der Waals surface area contributed by atoms with Crippen molar-refractivity contribution in [3.63, 3.8) is 0 Å². The molecule has 0 spiro atoms. The van der Waals surface area contributed by atoms with Gasteiger partial charge in [0.1, 0.15) is 11.6 Å². The van der Waals surface area contributed by atoms with Gasteiger partial charge in [-0.1, -0.05) is 60.1 Å². The molecule has 0 aromatic heterocycles. The van der Waals surface area contributed by atoms with Crippen molar-refractivity contribution in [2.45, 2.75) is 32.6 Å². The van der Waals surface area contributed by atoms with Gasteiger partial charge in [0.15, 0.2) is 0 Å². The van der Waals surface area contributed by atoms with E-state index < -0.39 is 0 Å². The van der Waals surface area contributed by atoms with Crippen LogP contribution in [0.1, 0.15) is 34.8 Å². The van der Waals surface area contributed by atoms with Gasteiger partial charge >= 0.3 is 0 Å². The van der Waals surface area contributed by atoms with E-state index in [1.165, 1.54) is 23.3 Å². The van der Waals surface area contributed by atoms with Crippen LogP contribution in [0, 0.1) is 12.7 Å². The second-order valence-corrected chi connectivity index (χ2v) is 8.48. The molecule has 1 atom stereocenters. The number of ether oxygens (including phenoxy) is 1. The lowest BCUT2D eigenvalue weighted by Gasteiger charge is -2.45. The minimum Gasteiger partial charge on any atom is -0.496 e. The van der Waals surface area contributed by atoms with E-state index in [1.54, 1.807) is 13.2 Å². The van der Waals surface area contributed by atoms with Crippen LogP contribution >= 0.6 is 11.6 Å². The van der Waals surface area contributed by atoms with Crippen molar-refractivity contribution in [1.29, 1.82) is 0 Å². The van der Waals surface area contributed by atoms with E-state index in [-0.39, 0.29) is 12.0 Å². The monoisotopic (exact) mass is 438 g/mol. The molecule has 0 saturated carbocycles. The van der Waals surface area contributed by atoms with Gasteiger partial charge in [-0.25, -0.2) is 4.39 Å². The molecule has 1 heterocycles. The van der Waals surface area contributed by atoms with Crippen molar-refractivity contribution in [2.75, 3.05) is 20.2 Å². The molecule has 1 aliphatic heterocycles. The van der Waals surface area contributed by atoms with Crippen LogP contribution in [0.25, 0.3) is 0 Å². The van der Waals surface area contributed by atoms with Gasteiger partial charge in [-0.15, -0.1) is 0 Å². The molecule has 5 heteroatoms. The molecule has 0 N–H and O–H groups in total. The van der Waals surface area contributed by atoms with E-state index in [4.69, 9.17) is 16.3 Å². The first-order chi connectivity index (χ1) is 15.1. The molecule has 3 nitrogen and oxygen atoms in total. The van der Waals surface area contributed by atoms with Gasteiger partial charge in [0, 0.05) is 36.8 Å². The van der Waals surface area contributed by atoms with Crippen LogP contribution in [0.15, 0.2) is 66.7 Å². The number of halogens is 2. The number of methoxy groups -OCH3 is 1. The maximum atomic E-state index is 13.6. The predicted molar refractivity (Wildman–Crippen MR) is 124 cm³/mol. The van der Waals surface area contributed by atoms with E-state index in [1.807, 2.05) is 12.1 Å². The number of hydrogen-bond acceptors (Lipinski definition) is 3. The highest BCUT2D eigenvalue weighted by Gasteiger charge is 2.33. The Hall–Kier alpha value is -2.40. The van der Waals surface area contributed by atoms with Gasteiger partial charge in [-0.05, 0) is 48.2 Å². The van der Waals surface area contributed by atoms with Crippen molar-refractivity contribution in [3.05, 3.63) is 99.8 Å². The molecule has 3 aromatic carbocycles. The van der Waals surface area contributed by atoms with Gasteiger partial charge in [0.2, 0.25) is 0 Å². The average Bonchev–Trinajstić information content (AvgIpc) is 2.77. The normalized spacial score (nSPS) is 17.6. The number of hydrogen-bond donors (Lipinski definition) is 0. The number of benzene rings is 3. The van der Waals surface area contributed by atoms with Gasteiger partial charge in [-0.2, -0.15) is 0 Å². The summed E-state index contributed by atoms with van der Waals surface area (Å²) in [6.45, 7) is 5.58. The lowest BCUT2D eigenvalue weighted by Crippen LogP contribution is -2.47. The van der Waals surface area contributed by atoms with E-state index >= 15 is 0 Å². The summed E-state index contributed by atoms with van der Waals surface area (Å²) < 4.78 is 19.3. The molecule has 1 aliphatic rings. The number of aryl methyl sites for hydroxylation is 1. The van der Waals surface area contributed by atoms with Crippen molar-refractivity contribution in [2.24, 2.45) is 0 Å². The van der Waals surface area contributed by atoms with Crippen molar-refractivity contribution in [1.82, 2.24) is 9.80 Å². The van der Waals surface area contributed by atoms with Crippen LogP contribution in [0.4, 0.5) is 4.39 Å². The second kappa shape index (κ2) is 9.82. The van der Waals surface area contributed by atoms with Crippen LogP contribution in [-0.2, 0) is 13.1 Å². The first kappa shape index (κ1) is 21.8. The van der Waals surface area contributed by atoms with Crippen LogP contribution in [0.2, 0.25) is 5.02 Å². The highest BCUT2D eigenvalue weighted by Crippen LogP contribution is 2.37. The van der Waals surface area contributed by atoms with Crippen LogP contribution in [0.3, 0.4) is 0 Å². The summed E-state index contributed by atoms with van der Waals surface area (Å²) in [5.74, 6) is 0.564. The maximum Gasteiger partial charge on any atom is 0.124 e. The third kappa shape index (κ3) is 4.93. The highest BCUT2D eigenvalue weighted by atomic mass is 35.5. The summed E-state index contributed by atoms with van der Waals surface area (Å²) in [7, 11) is 1.72. The Morgan fingerprint density at radius 1 is 0.935 bits per heavy atom. The highest BCUT2D eigenvalue weighted by molar-refractivity contribution is 6.31. The van der Waals surface area contributed by atoms with Crippen LogP contribution in [0.5, 0.6) is 5.75 Å². The fraction of sp³-hybridized carbons (Fsp3) is 0.308. The van der Waals surface area contributed by atoms with Gasteiger partial charge < -0.3 is 4.74 Å². The van der Waals surface area contributed by atoms with Crippen molar-refractivity contribution in [3.8, 4) is 5.75 Å². The zero-order chi connectivity index (χ0) is 21.8. The van der Waals surface area contributed by atoms with Crippen LogP contribution < -0.4 is 4.74 Å². The second-order valence-electron chi connectivity index (χ2n) is 8.07. The van der Waals surface area contributed by atoms with Crippen molar-refractivity contribution < 1.29 is 9.13 Å². The number of rotatable bonds is 6. The Bertz CT molecular complexity index is 1040. The quantitative estimate of drug-likeness (QED) is 0.455. The molecule has 4 rings (SSSR count). The molecule has 1 fully saturated rings. The molecule has 3 aromatic rings. The summed E-state index contributed by atoms with van der Waals surface area (Å²) in [5, 5.41) is 0.467. The summed E-state index contributed by atoms with van der Waals surface area (Å²) in [4.78, 5) is 4.92. The van der Waals surface area contributed by atoms with Gasteiger partial charge in [0.25, 0.3) is 0 Å². The van der Waals surface area contributed by atoms with Gasteiger partial charge in [-0.3, -0.25) is 9.80 Å². The summed E-state index contributed by atoms with van der Waals surface area (Å²) >= 11 is 6.38. The van der Waals surface area contributed by atoms with E-state index in [0.29, 0.717) is 11.6 Å². The molecule has 0 radical (unpaired) electrons. The molecule has 162 valence electrons. The standard InChI is InChI=1S/C26H28ClFN2O/c1-19-8-3-4-9-20(19)17-29-14-7-15-30(18-21-12-13-22(28)16-24(21)27)26(29)23-10-5-6-11-25(23)31-2/h3-6,8-13,16,26H,7,14-15,17-18H2,1-2H3/t26-/m1/s1. The smallest absolute Gasteiger partial charge is 0.124 e. The predicted octanol–water partition coefficient (Wildman–Crippen LogP) is 6.20. The van der Waals surface area contributed by atoms with E-state index in [9.17, 15) is 4.39 Å². The average molecular weight is 439 g/mol. The first-order valence-corrected chi connectivity index (χ1v) is 11.0. The zero-order valence-electron chi connectivity index (χ0n) is 18.0. The molecular weight excluding hydrogens is 411 g/mol. The lowest BCUT2D eigenvalue weighted by molar-refractivity contribution is -0.0104. The molecule has 0 aliphatic carbocycles. The van der Waals surface area contributed by atoms with E-state index in [2.05, 4.69) is 53.1 Å². The molecule has 0 bridgehead atoms. The zero-order valence-corrected chi connectivity index (χ0v) is 18.8. The Morgan fingerprint density at radius 2 is 1.61 bits per heavy atom. The largest absolute Gasteiger partial charge is 0.496 e. The molecule has 1 saturated heterocycles. The SMILES string of the molecule is COc1ccccc1[C@@H]1N(Cc2ccccc2C)CCCN1Cc1ccc(F)cc1Cl. The summed E-state index contributed by atoms with van der Waals surface area (Å²) in [6.07, 6.45) is 1.08. The minimum atomic E-state index is -0.310. The Balaban J connectivity index is 1.71. The summed E-state index contributed by atoms with van der Waals surface area (Å²) in [6, 6.07) is 21.4. The first-order valence-electron chi connectivity index (χ1n) is 10.7. The maximum absolute atomic E-state index is 13.6. The molecule has 0 unspecified atom stereocenters. The van der Waals surface area contributed by atoms with E-state index in [0.717, 1.165) is 42.9 Å². The topological polar surface area (TPSA) is 15.7 Å². The van der Waals surface area contributed by atoms with Gasteiger partial charge in [0.05, 0.1) is 13.3 Å².